The van der Waals surface area contributed by atoms with Crippen LogP contribution >= 0.6 is 0 Å². The SMILES string of the molecule is Cc1cc(F)c(S(=O)(=O)N(CCC#N)C(C)C)cc1N. The average molecular weight is 299 g/mol. The summed E-state index contributed by atoms with van der Waals surface area (Å²) in [7, 11) is -4.02. The first-order chi connectivity index (χ1) is 9.21. The number of nitrogens with zero attached hydrogens (tertiary/aromatic N) is 2. The van der Waals surface area contributed by atoms with Crippen molar-refractivity contribution < 1.29 is 12.8 Å². The van der Waals surface area contributed by atoms with Crippen LogP contribution < -0.4 is 5.73 Å². The molecule has 0 spiro atoms. The van der Waals surface area contributed by atoms with Crippen LogP contribution in [0.2, 0.25) is 0 Å². The molecular formula is C13H18FN3O2S. The number of nitrogen functional groups attached to an aromatic ring is 1. The van der Waals surface area contributed by atoms with Gasteiger partial charge in [0.25, 0.3) is 0 Å². The maximum Gasteiger partial charge on any atom is 0.246 e. The third-order valence-corrected chi connectivity index (χ3v) is 5.02. The number of nitriles is 1. The van der Waals surface area contributed by atoms with Gasteiger partial charge >= 0.3 is 0 Å². The molecule has 0 amide bonds. The van der Waals surface area contributed by atoms with Gasteiger partial charge < -0.3 is 5.73 Å². The first-order valence-corrected chi connectivity index (χ1v) is 7.60. The summed E-state index contributed by atoms with van der Waals surface area (Å²) in [6, 6.07) is 3.74. The summed E-state index contributed by atoms with van der Waals surface area (Å²) in [5, 5.41) is 8.60. The summed E-state index contributed by atoms with van der Waals surface area (Å²) in [4.78, 5) is -0.452. The fourth-order valence-electron chi connectivity index (χ4n) is 1.81. The van der Waals surface area contributed by atoms with Crippen LogP contribution in [0, 0.1) is 24.1 Å². The third kappa shape index (κ3) is 3.26. The van der Waals surface area contributed by atoms with E-state index in [0.29, 0.717) is 5.56 Å². The van der Waals surface area contributed by atoms with Crippen LogP contribution in [-0.2, 0) is 10.0 Å². The van der Waals surface area contributed by atoms with Gasteiger partial charge in [0, 0.05) is 24.7 Å². The van der Waals surface area contributed by atoms with E-state index in [1.54, 1.807) is 20.8 Å². The topological polar surface area (TPSA) is 87.2 Å². The van der Waals surface area contributed by atoms with Crippen molar-refractivity contribution in [3.8, 4) is 6.07 Å². The number of sulfonamides is 1. The lowest BCUT2D eigenvalue weighted by atomic mass is 10.2. The van der Waals surface area contributed by atoms with Crippen molar-refractivity contribution in [3.05, 3.63) is 23.5 Å². The average Bonchev–Trinajstić information content (AvgIpc) is 2.33. The number of rotatable bonds is 5. The highest BCUT2D eigenvalue weighted by Gasteiger charge is 2.29. The Kier molecular flexibility index (Phi) is 5.09. The molecule has 0 unspecified atom stereocenters. The molecule has 0 aliphatic rings. The molecule has 0 aliphatic heterocycles. The van der Waals surface area contributed by atoms with Gasteiger partial charge in [-0.2, -0.15) is 9.57 Å². The first kappa shape index (κ1) is 16.4. The van der Waals surface area contributed by atoms with Gasteiger partial charge in [-0.15, -0.1) is 0 Å². The Bertz CT molecular complexity index is 636. The highest BCUT2D eigenvalue weighted by Crippen LogP contribution is 2.25. The van der Waals surface area contributed by atoms with Gasteiger partial charge in [0.1, 0.15) is 10.7 Å². The highest BCUT2D eigenvalue weighted by atomic mass is 32.2. The van der Waals surface area contributed by atoms with Gasteiger partial charge in [-0.3, -0.25) is 0 Å². The summed E-state index contributed by atoms with van der Waals surface area (Å²) in [6.45, 7) is 4.96. The summed E-state index contributed by atoms with van der Waals surface area (Å²) in [6.07, 6.45) is 0.0420. The standard InChI is InChI=1S/C13H18FN3O2S/c1-9(2)17(6-4-5-15)20(18,19)13-8-12(16)10(3)7-11(13)14/h7-9H,4,6,16H2,1-3H3. The van der Waals surface area contributed by atoms with E-state index >= 15 is 0 Å². The first-order valence-electron chi connectivity index (χ1n) is 6.16. The Morgan fingerprint density at radius 1 is 1.45 bits per heavy atom. The Hall–Kier alpha value is -1.65. The molecule has 1 aromatic rings. The summed E-state index contributed by atoms with van der Waals surface area (Å²) in [5.41, 5.74) is 6.36. The largest absolute Gasteiger partial charge is 0.398 e. The predicted octanol–water partition coefficient (Wildman–Crippen LogP) is 2.03. The Morgan fingerprint density at radius 3 is 2.55 bits per heavy atom. The predicted molar refractivity (Wildman–Crippen MR) is 74.8 cm³/mol. The van der Waals surface area contributed by atoms with E-state index in [4.69, 9.17) is 11.0 Å². The van der Waals surface area contributed by atoms with Crippen LogP contribution in [0.3, 0.4) is 0 Å². The van der Waals surface area contributed by atoms with Gasteiger partial charge in [-0.1, -0.05) is 0 Å². The molecular weight excluding hydrogens is 281 g/mol. The minimum Gasteiger partial charge on any atom is -0.398 e. The maximum absolute atomic E-state index is 13.9. The Balaban J connectivity index is 3.34. The van der Waals surface area contributed by atoms with E-state index in [1.165, 1.54) is 0 Å². The number of benzene rings is 1. The fourth-order valence-corrected chi connectivity index (χ4v) is 3.53. The molecule has 1 rings (SSSR count). The molecule has 0 aliphatic carbocycles. The van der Waals surface area contributed by atoms with Crippen LogP contribution in [0.5, 0.6) is 0 Å². The van der Waals surface area contributed by atoms with Crippen molar-refractivity contribution in [2.75, 3.05) is 12.3 Å². The Labute approximate surface area is 118 Å². The van der Waals surface area contributed by atoms with Gasteiger partial charge in [-0.25, -0.2) is 12.8 Å². The van der Waals surface area contributed by atoms with E-state index in [9.17, 15) is 12.8 Å². The quantitative estimate of drug-likeness (QED) is 0.843. The van der Waals surface area contributed by atoms with Crippen LogP contribution in [0.15, 0.2) is 17.0 Å². The molecule has 5 nitrogen and oxygen atoms in total. The van der Waals surface area contributed by atoms with E-state index in [-0.39, 0.29) is 24.7 Å². The number of anilines is 1. The summed E-state index contributed by atoms with van der Waals surface area (Å²) >= 11 is 0. The highest BCUT2D eigenvalue weighted by molar-refractivity contribution is 7.89. The van der Waals surface area contributed by atoms with Gasteiger partial charge in [0.2, 0.25) is 10.0 Å². The molecule has 7 heteroatoms. The molecule has 0 heterocycles. The lowest BCUT2D eigenvalue weighted by Gasteiger charge is -2.25. The van der Waals surface area contributed by atoms with Gasteiger partial charge in [0.15, 0.2) is 0 Å². The number of halogens is 1. The van der Waals surface area contributed by atoms with Crippen LogP contribution in [-0.4, -0.2) is 25.3 Å². The fraction of sp³-hybridized carbons (Fsp3) is 0.462. The zero-order chi connectivity index (χ0) is 15.5. The van der Waals surface area contributed by atoms with Crippen LogP contribution in [0.4, 0.5) is 10.1 Å². The molecule has 20 heavy (non-hydrogen) atoms. The van der Waals surface area contributed by atoms with Crippen molar-refractivity contribution in [3.63, 3.8) is 0 Å². The second-order valence-electron chi connectivity index (χ2n) is 4.76. The van der Waals surface area contributed by atoms with Gasteiger partial charge in [0.05, 0.1) is 6.07 Å². The van der Waals surface area contributed by atoms with E-state index in [2.05, 4.69) is 0 Å². The number of hydrogen-bond donors (Lipinski definition) is 1. The van der Waals surface area contributed by atoms with Crippen molar-refractivity contribution in [2.45, 2.75) is 38.1 Å². The third-order valence-electron chi connectivity index (χ3n) is 2.93. The zero-order valence-electron chi connectivity index (χ0n) is 11.7. The van der Waals surface area contributed by atoms with Crippen LogP contribution in [0.1, 0.15) is 25.8 Å². The van der Waals surface area contributed by atoms with E-state index in [1.807, 2.05) is 6.07 Å². The number of hydrogen-bond acceptors (Lipinski definition) is 4. The van der Waals surface area contributed by atoms with Crippen molar-refractivity contribution >= 4 is 15.7 Å². The van der Waals surface area contributed by atoms with Crippen molar-refractivity contribution in [1.82, 2.24) is 4.31 Å². The lowest BCUT2D eigenvalue weighted by Crippen LogP contribution is -2.38. The smallest absolute Gasteiger partial charge is 0.246 e. The second-order valence-corrected chi connectivity index (χ2v) is 6.62. The molecule has 0 saturated heterocycles. The number of aryl methyl sites for hydroxylation is 1. The monoisotopic (exact) mass is 299 g/mol. The van der Waals surface area contributed by atoms with Gasteiger partial charge in [-0.05, 0) is 38.5 Å². The molecule has 110 valence electrons. The maximum atomic E-state index is 13.9. The second kappa shape index (κ2) is 6.20. The summed E-state index contributed by atoms with van der Waals surface area (Å²) in [5.74, 6) is -0.834. The molecule has 0 saturated carbocycles. The molecule has 0 radical (unpaired) electrons. The summed E-state index contributed by atoms with van der Waals surface area (Å²) < 4.78 is 40.0. The van der Waals surface area contributed by atoms with Crippen molar-refractivity contribution in [1.29, 1.82) is 5.26 Å². The zero-order valence-corrected chi connectivity index (χ0v) is 12.5. The molecule has 2 N–H and O–H groups in total. The minimum atomic E-state index is -4.02. The molecule has 0 bridgehead atoms. The lowest BCUT2D eigenvalue weighted by molar-refractivity contribution is 0.358. The van der Waals surface area contributed by atoms with Crippen molar-refractivity contribution in [2.24, 2.45) is 0 Å². The molecule has 0 atom stereocenters. The molecule has 1 aromatic carbocycles. The minimum absolute atomic E-state index is 0.0176. The number of nitrogens with two attached hydrogens (primary N) is 1. The normalized spacial score (nSPS) is 11.8. The van der Waals surface area contributed by atoms with Crippen LogP contribution in [0.25, 0.3) is 0 Å². The van der Waals surface area contributed by atoms with E-state index in [0.717, 1.165) is 16.4 Å². The molecule has 0 fully saturated rings. The Morgan fingerprint density at radius 2 is 2.05 bits per heavy atom. The van der Waals surface area contributed by atoms with E-state index < -0.39 is 20.7 Å². The molecule has 0 aromatic heterocycles.